The molecular weight excluding hydrogens is 456 g/mol. The molecule has 0 spiro atoms. The van der Waals surface area contributed by atoms with Gasteiger partial charge in [0.2, 0.25) is 17.6 Å². The molecule has 5 rings (SSSR count). The first-order valence-corrected chi connectivity index (χ1v) is 10.9. The molecule has 1 fully saturated rings. The Balaban J connectivity index is 1.49. The molecule has 0 bridgehead atoms. The van der Waals surface area contributed by atoms with E-state index in [2.05, 4.69) is 20.3 Å². The number of aliphatic hydroxyl groups is 1. The zero-order chi connectivity index (χ0) is 24.5. The maximum absolute atomic E-state index is 12.4. The second-order valence-corrected chi connectivity index (χ2v) is 7.82. The molecule has 35 heavy (non-hydrogen) atoms. The minimum absolute atomic E-state index is 0.135. The van der Waals surface area contributed by atoms with Crippen molar-refractivity contribution in [2.24, 2.45) is 0 Å². The van der Waals surface area contributed by atoms with Crippen molar-refractivity contribution < 1.29 is 28.5 Å². The third kappa shape index (κ3) is 3.97. The van der Waals surface area contributed by atoms with Gasteiger partial charge in [-0.1, -0.05) is 0 Å². The van der Waals surface area contributed by atoms with E-state index in [0.717, 1.165) is 5.69 Å². The molecule has 1 amide bonds. The molecule has 1 atom stereocenters. The average Bonchev–Trinajstić information content (AvgIpc) is 3.62. The van der Waals surface area contributed by atoms with E-state index in [1.54, 1.807) is 56.6 Å². The SMILES string of the molecule is COc1cc(-n2cnc(Nc3nc(N4C(=O)CCC4CO)nc4ccoc34)c2)cc(OC)c1OC. The number of hydrogen-bond acceptors (Lipinski definition) is 10. The number of amides is 1. The number of fused-ring (bicyclic) bond motifs is 1. The monoisotopic (exact) mass is 480 g/mol. The Morgan fingerprint density at radius 1 is 1.17 bits per heavy atom. The molecule has 4 aromatic rings. The van der Waals surface area contributed by atoms with Crippen LogP contribution in [-0.2, 0) is 4.79 Å². The van der Waals surface area contributed by atoms with Crippen molar-refractivity contribution in [3.63, 3.8) is 0 Å². The summed E-state index contributed by atoms with van der Waals surface area (Å²) >= 11 is 0. The summed E-state index contributed by atoms with van der Waals surface area (Å²) in [6.07, 6.45) is 5.76. The van der Waals surface area contributed by atoms with Gasteiger partial charge in [0.05, 0.1) is 52.1 Å². The summed E-state index contributed by atoms with van der Waals surface area (Å²) in [6, 6.07) is 4.93. The Morgan fingerprint density at radius 2 is 1.94 bits per heavy atom. The Morgan fingerprint density at radius 3 is 2.63 bits per heavy atom. The molecule has 1 aromatic carbocycles. The van der Waals surface area contributed by atoms with Crippen molar-refractivity contribution in [1.82, 2.24) is 19.5 Å². The number of nitrogens with zero attached hydrogens (tertiary/aromatic N) is 5. The van der Waals surface area contributed by atoms with Gasteiger partial charge in [-0.25, -0.2) is 9.97 Å². The van der Waals surface area contributed by atoms with Gasteiger partial charge in [-0.15, -0.1) is 0 Å². The lowest BCUT2D eigenvalue weighted by molar-refractivity contribution is -0.117. The van der Waals surface area contributed by atoms with Gasteiger partial charge in [-0.2, -0.15) is 4.98 Å². The predicted octanol–water partition coefficient (Wildman–Crippen LogP) is 2.67. The quantitative estimate of drug-likeness (QED) is 0.387. The molecule has 2 N–H and O–H groups in total. The second kappa shape index (κ2) is 9.14. The van der Waals surface area contributed by atoms with Crippen LogP contribution in [0.25, 0.3) is 16.8 Å². The largest absolute Gasteiger partial charge is 0.493 e. The summed E-state index contributed by atoms with van der Waals surface area (Å²) in [5.74, 6) is 2.40. The number of nitrogens with one attached hydrogen (secondary N) is 1. The highest BCUT2D eigenvalue weighted by Gasteiger charge is 2.34. The summed E-state index contributed by atoms with van der Waals surface area (Å²) < 4.78 is 23.6. The fraction of sp³-hybridized carbons (Fsp3) is 0.304. The third-order valence-electron chi connectivity index (χ3n) is 5.82. The van der Waals surface area contributed by atoms with Crippen LogP contribution in [0.15, 0.2) is 41.4 Å². The summed E-state index contributed by atoms with van der Waals surface area (Å²) in [5, 5.41) is 12.8. The van der Waals surface area contributed by atoms with Gasteiger partial charge >= 0.3 is 0 Å². The van der Waals surface area contributed by atoms with Crippen LogP contribution >= 0.6 is 0 Å². The van der Waals surface area contributed by atoms with Gasteiger partial charge in [0, 0.05) is 24.6 Å². The van der Waals surface area contributed by atoms with Crippen molar-refractivity contribution >= 4 is 34.6 Å². The van der Waals surface area contributed by atoms with Gasteiger partial charge in [-0.05, 0) is 6.42 Å². The van der Waals surface area contributed by atoms with E-state index in [9.17, 15) is 9.90 Å². The molecule has 0 aliphatic carbocycles. The molecule has 1 aliphatic rings. The first-order chi connectivity index (χ1) is 17.1. The van der Waals surface area contributed by atoms with Crippen molar-refractivity contribution in [1.29, 1.82) is 0 Å². The number of aliphatic hydroxyl groups excluding tert-OH is 1. The van der Waals surface area contributed by atoms with Crippen LogP contribution in [0, 0.1) is 0 Å². The first-order valence-electron chi connectivity index (χ1n) is 10.9. The topological polar surface area (TPSA) is 137 Å². The molecule has 1 saturated heterocycles. The molecule has 3 aromatic heterocycles. The predicted molar refractivity (Wildman–Crippen MR) is 126 cm³/mol. The summed E-state index contributed by atoms with van der Waals surface area (Å²) in [6.45, 7) is -0.166. The maximum Gasteiger partial charge on any atom is 0.235 e. The highest BCUT2D eigenvalue weighted by atomic mass is 16.5. The van der Waals surface area contributed by atoms with Gasteiger partial charge in [0.25, 0.3) is 0 Å². The fourth-order valence-corrected chi connectivity index (χ4v) is 4.10. The van der Waals surface area contributed by atoms with Crippen molar-refractivity contribution in [2.75, 3.05) is 38.2 Å². The second-order valence-electron chi connectivity index (χ2n) is 7.82. The van der Waals surface area contributed by atoms with E-state index in [4.69, 9.17) is 18.6 Å². The fourth-order valence-electron chi connectivity index (χ4n) is 4.10. The number of imidazole rings is 1. The van der Waals surface area contributed by atoms with Crippen LogP contribution < -0.4 is 24.4 Å². The Bertz CT molecular complexity index is 1360. The Kier molecular flexibility index (Phi) is 5.87. The number of benzene rings is 1. The molecule has 0 saturated carbocycles. The van der Waals surface area contributed by atoms with Crippen molar-refractivity contribution in [2.45, 2.75) is 18.9 Å². The lowest BCUT2D eigenvalue weighted by Crippen LogP contribution is -2.36. The van der Waals surface area contributed by atoms with E-state index in [1.807, 2.05) is 0 Å². The van der Waals surface area contributed by atoms with E-state index in [1.165, 1.54) is 11.2 Å². The molecule has 0 radical (unpaired) electrons. The molecule has 182 valence electrons. The summed E-state index contributed by atoms with van der Waals surface area (Å²) in [5.41, 5.74) is 1.68. The van der Waals surface area contributed by atoms with E-state index >= 15 is 0 Å². The van der Waals surface area contributed by atoms with Crippen molar-refractivity contribution in [3.05, 3.63) is 37.0 Å². The maximum atomic E-state index is 12.4. The van der Waals surface area contributed by atoms with Crippen LogP contribution in [0.1, 0.15) is 12.8 Å². The lowest BCUT2D eigenvalue weighted by atomic mass is 10.2. The van der Waals surface area contributed by atoms with Gasteiger partial charge in [0.15, 0.2) is 22.9 Å². The van der Waals surface area contributed by atoms with Crippen LogP contribution in [0.4, 0.5) is 17.6 Å². The van der Waals surface area contributed by atoms with E-state index in [-0.39, 0.29) is 24.5 Å². The first kappa shape index (κ1) is 22.5. The lowest BCUT2D eigenvalue weighted by Gasteiger charge is -2.21. The number of rotatable bonds is 8. The number of hydrogen-bond donors (Lipinski definition) is 2. The van der Waals surface area contributed by atoms with Crippen LogP contribution in [-0.4, -0.2) is 64.5 Å². The van der Waals surface area contributed by atoms with Gasteiger partial charge in [0.1, 0.15) is 17.7 Å². The summed E-state index contributed by atoms with van der Waals surface area (Å²) in [7, 11) is 4.65. The average molecular weight is 480 g/mol. The highest BCUT2D eigenvalue weighted by molar-refractivity contribution is 5.96. The van der Waals surface area contributed by atoms with Crippen LogP contribution in [0.2, 0.25) is 0 Å². The zero-order valence-corrected chi connectivity index (χ0v) is 19.4. The summed E-state index contributed by atoms with van der Waals surface area (Å²) in [4.78, 5) is 27.3. The third-order valence-corrected chi connectivity index (χ3v) is 5.82. The smallest absolute Gasteiger partial charge is 0.235 e. The van der Waals surface area contributed by atoms with Crippen LogP contribution in [0.3, 0.4) is 0 Å². The number of anilines is 3. The number of furan rings is 1. The minimum atomic E-state index is -0.362. The number of methoxy groups -OCH3 is 3. The molecule has 12 nitrogen and oxygen atoms in total. The molecule has 4 heterocycles. The Hall–Kier alpha value is -4.32. The van der Waals surface area contributed by atoms with E-state index < -0.39 is 0 Å². The number of carbonyl (C=O) groups is 1. The molecule has 1 aliphatic heterocycles. The standard InChI is InChI=1S/C23H24N6O6/c1-32-16-8-14(9-17(33-2)21(16)34-3)28-10-18(24-12-28)26-22-20-15(6-7-35-20)25-23(27-22)29-13(11-30)4-5-19(29)31/h6-10,12-13,30H,4-5,11H2,1-3H3,(H,25,26,27). The normalized spacial score (nSPS) is 15.6. The number of carbonyl (C=O) groups excluding carboxylic acids is 1. The molecule has 1 unspecified atom stereocenters. The number of ether oxygens (including phenoxy) is 3. The zero-order valence-electron chi connectivity index (χ0n) is 19.4. The number of aromatic nitrogens is 4. The Labute approximate surface area is 200 Å². The van der Waals surface area contributed by atoms with Gasteiger partial charge < -0.3 is 33.6 Å². The minimum Gasteiger partial charge on any atom is -0.493 e. The van der Waals surface area contributed by atoms with Crippen molar-refractivity contribution in [3.8, 4) is 22.9 Å². The molecular formula is C23H24N6O6. The van der Waals surface area contributed by atoms with Gasteiger partial charge in [-0.3, -0.25) is 9.69 Å². The molecule has 12 heteroatoms. The highest BCUT2D eigenvalue weighted by Crippen LogP contribution is 2.39. The van der Waals surface area contributed by atoms with Crippen LogP contribution in [0.5, 0.6) is 17.2 Å². The van der Waals surface area contributed by atoms with E-state index in [0.29, 0.717) is 52.8 Å².